The zero-order valence-electron chi connectivity index (χ0n) is 18.3. The van der Waals surface area contributed by atoms with Crippen LogP contribution in [0.5, 0.6) is 5.75 Å². The second-order valence-corrected chi connectivity index (χ2v) is 8.14. The van der Waals surface area contributed by atoms with Crippen molar-refractivity contribution in [2.45, 2.75) is 116 Å². The first-order valence-corrected chi connectivity index (χ1v) is 11.6. The molecule has 0 radical (unpaired) electrons. The summed E-state index contributed by atoms with van der Waals surface area (Å²) in [5.74, 6) is -0.148. The molecule has 0 saturated heterocycles. The zero-order chi connectivity index (χ0) is 20.5. The van der Waals surface area contributed by atoms with Crippen LogP contribution in [-0.4, -0.2) is 17.2 Å². The van der Waals surface area contributed by atoms with Crippen molar-refractivity contribution in [3.05, 3.63) is 29.8 Å². The van der Waals surface area contributed by atoms with Crippen LogP contribution < -0.4 is 4.74 Å². The minimum atomic E-state index is -0.901. The Morgan fingerprint density at radius 1 is 0.786 bits per heavy atom. The maximum Gasteiger partial charge on any atom is 0.335 e. The number of aromatic carboxylic acids is 1. The molecule has 0 fully saturated rings. The van der Waals surface area contributed by atoms with Gasteiger partial charge in [-0.25, -0.2) is 4.79 Å². The Morgan fingerprint density at radius 3 is 1.64 bits per heavy atom. The van der Waals surface area contributed by atoms with Crippen LogP contribution in [0.3, 0.4) is 0 Å². The van der Waals surface area contributed by atoms with Crippen LogP contribution in [0.1, 0.15) is 121 Å². The van der Waals surface area contributed by atoms with Crippen molar-refractivity contribution in [2.24, 2.45) is 0 Å². The van der Waals surface area contributed by atoms with Crippen molar-refractivity contribution >= 4 is 5.97 Å². The van der Waals surface area contributed by atoms with Gasteiger partial charge in [0.05, 0.1) is 11.7 Å². The lowest BCUT2D eigenvalue weighted by atomic mass is 10.0. The maximum absolute atomic E-state index is 10.9. The molecule has 0 heterocycles. The third kappa shape index (κ3) is 12.8. The van der Waals surface area contributed by atoms with E-state index in [2.05, 4.69) is 13.8 Å². The fourth-order valence-electron chi connectivity index (χ4n) is 3.59. The number of ether oxygens (including phenoxy) is 1. The van der Waals surface area contributed by atoms with Crippen molar-refractivity contribution in [2.75, 3.05) is 0 Å². The van der Waals surface area contributed by atoms with E-state index in [1.54, 1.807) is 24.3 Å². The molecule has 160 valence electrons. The first kappa shape index (κ1) is 24.5. The van der Waals surface area contributed by atoms with Crippen LogP contribution >= 0.6 is 0 Å². The van der Waals surface area contributed by atoms with Gasteiger partial charge in [0.1, 0.15) is 5.75 Å². The van der Waals surface area contributed by atoms with E-state index in [1.807, 2.05) is 0 Å². The molecule has 1 unspecified atom stereocenters. The van der Waals surface area contributed by atoms with E-state index in [-0.39, 0.29) is 6.10 Å². The van der Waals surface area contributed by atoms with E-state index in [0.29, 0.717) is 5.56 Å². The molecule has 0 bridgehead atoms. The van der Waals surface area contributed by atoms with Crippen molar-refractivity contribution in [1.82, 2.24) is 0 Å². The van der Waals surface area contributed by atoms with Gasteiger partial charge in [-0.2, -0.15) is 0 Å². The van der Waals surface area contributed by atoms with Gasteiger partial charge in [-0.1, -0.05) is 90.4 Å². The molecule has 1 N–H and O–H groups in total. The number of unbranched alkanes of at least 4 members (excludes halogenated alkanes) is 13. The molecule has 1 rings (SSSR count). The van der Waals surface area contributed by atoms with Crippen molar-refractivity contribution < 1.29 is 14.6 Å². The number of carbonyl (C=O) groups is 1. The highest BCUT2D eigenvalue weighted by molar-refractivity contribution is 5.87. The average Bonchev–Trinajstić information content (AvgIpc) is 2.68. The van der Waals surface area contributed by atoms with Gasteiger partial charge >= 0.3 is 5.97 Å². The largest absolute Gasteiger partial charge is 0.491 e. The highest BCUT2D eigenvalue weighted by Gasteiger charge is 2.06. The molecule has 0 spiro atoms. The van der Waals surface area contributed by atoms with Crippen molar-refractivity contribution in [3.63, 3.8) is 0 Å². The Morgan fingerprint density at radius 2 is 1.21 bits per heavy atom. The molecule has 0 aliphatic heterocycles. The third-order valence-corrected chi connectivity index (χ3v) is 5.40. The van der Waals surface area contributed by atoms with Crippen LogP contribution in [0.25, 0.3) is 0 Å². The fourth-order valence-corrected chi connectivity index (χ4v) is 3.59. The molecule has 0 aliphatic carbocycles. The summed E-state index contributed by atoms with van der Waals surface area (Å²) in [6.07, 6.45) is 20.5. The standard InChI is InChI=1S/C25H42O3/c1-3-4-5-6-7-8-9-10-11-12-13-14-15-16-17-22(2)28-24-20-18-23(19-21-24)25(26)27/h18-22H,3-17H2,1-2H3,(H,26,27). The minimum Gasteiger partial charge on any atom is -0.491 e. The summed E-state index contributed by atoms with van der Waals surface area (Å²) < 4.78 is 5.87. The normalized spacial score (nSPS) is 12.1. The maximum atomic E-state index is 10.9. The van der Waals surface area contributed by atoms with E-state index >= 15 is 0 Å². The smallest absolute Gasteiger partial charge is 0.335 e. The van der Waals surface area contributed by atoms with Crippen molar-refractivity contribution in [3.8, 4) is 5.75 Å². The number of carboxylic acid groups (broad SMARTS) is 1. The van der Waals surface area contributed by atoms with Gasteiger partial charge in [-0.05, 0) is 44.0 Å². The average molecular weight is 391 g/mol. The topological polar surface area (TPSA) is 46.5 Å². The lowest BCUT2D eigenvalue weighted by Gasteiger charge is -2.14. The molecule has 1 aromatic rings. The molecule has 1 atom stereocenters. The van der Waals surface area contributed by atoms with Crippen LogP contribution in [0.15, 0.2) is 24.3 Å². The summed E-state index contributed by atoms with van der Waals surface area (Å²) in [5, 5.41) is 8.91. The number of hydrogen-bond donors (Lipinski definition) is 1. The Balaban J connectivity index is 1.89. The van der Waals surface area contributed by atoms with Gasteiger partial charge in [0.25, 0.3) is 0 Å². The number of benzene rings is 1. The van der Waals surface area contributed by atoms with Crippen LogP contribution in [0.2, 0.25) is 0 Å². The van der Waals surface area contributed by atoms with Gasteiger partial charge in [-0.3, -0.25) is 0 Å². The van der Waals surface area contributed by atoms with Gasteiger partial charge in [0.2, 0.25) is 0 Å². The molecule has 0 aromatic heterocycles. The van der Waals surface area contributed by atoms with E-state index in [9.17, 15) is 4.79 Å². The Hall–Kier alpha value is -1.51. The molecule has 0 aliphatic rings. The lowest BCUT2D eigenvalue weighted by molar-refractivity contribution is 0.0697. The van der Waals surface area contributed by atoms with E-state index in [4.69, 9.17) is 9.84 Å². The summed E-state index contributed by atoms with van der Waals surface area (Å²) in [7, 11) is 0. The summed E-state index contributed by atoms with van der Waals surface area (Å²) in [4.78, 5) is 10.9. The first-order chi connectivity index (χ1) is 13.6. The summed E-state index contributed by atoms with van der Waals surface area (Å²) in [6, 6.07) is 6.67. The lowest BCUT2D eigenvalue weighted by Crippen LogP contribution is -2.11. The molecule has 0 saturated carbocycles. The van der Waals surface area contributed by atoms with Crippen LogP contribution in [0, 0.1) is 0 Å². The summed E-state index contributed by atoms with van der Waals surface area (Å²) >= 11 is 0. The van der Waals surface area contributed by atoms with Gasteiger partial charge in [0, 0.05) is 0 Å². The van der Waals surface area contributed by atoms with E-state index < -0.39 is 5.97 Å². The zero-order valence-corrected chi connectivity index (χ0v) is 18.3. The quantitative estimate of drug-likeness (QED) is 0.258. The minimum absolute atomic E-state index is 0.174. The fraction of sp³-hybridized carbons (Fsp3) is 0.720. The Labute approximate surface area is 172 Å². The highest BCUT2D eigenvalue weighted by atomic mass is 16.5. The monoisotopic (exact) mass is 390 g/mol. The third-order valence-electron chi connectivity index (χ3n) is 5.40. The second kappa shape index (κ2) is 16.4. The molecule has 28 heavy (non-hydrogen) atoms. The van der Waals surface area contributed by atoms with Crippen LogP contribution in [-0.2, 0) is 0 Å². The second-order valence-electron chi connectivity index (χ2n) is 8.14. The molecule has 3 nitrogen and oxygen atoms in total. The Kier molecular flexibility index (Phi) is 14.4. The van der Waals surface area contributed by atoms with Gasteiger partial charge < -0.3 is 9.84 Å². The number of hydrogen-bond acceptors (Lipinski definition) is 2. The molecular formula is C25H42O3. The number of rotatable bonds is 18. The molecule has 0 amide bonds. The van der Waals surface area contributed by atoms with Crippen molar-refractivity contribution in [1.29, 1.82) is 0 Å². The van der Waals surface area contributed by atoms with Crippen LogP contribution in [0.4, 0.5) is 0 Å². The summed E-state index contributed by atoms with van der Waals surface area (Å²) in [5.41, 5.74) is 0.298. The molecular weight excluding hydrogens is 348 g/mol. The highest BCUT2D eigenvalue weighted by Crippen LogP contribution is 2.17. The van der Waals surface area contributed by atoms with E-state index in [0.717, 1.165) is 12.2 Å². The Bertz CT molecular complexity index is 495. The summed E-state index contributed by atoms with van der Waals surface area (Å²) in [6.45, 7) is 4.37. The molecule has 1 aromatic carbocycles. The SMILES string of the molecule is CCCCCCCCCCCCCCCCC(C)Oc1ccc(C(=O)O)cc1. The first-order valence-electron chi connectivity index (χ1n) is 11.6. The predicted octanol–water partition coefficient (Wildman–Crippen LogP) is 8.02. The number of carboxylic acids is 1. The van der Waals surface area contributed by atoms with Gasteiger partial charge in [-0.15, -0.1) is 0 Å². The van der Waals surface area contributed by atoms with Gasteiger partial charge in [0.15, 0.2) is 0 Å². The molecule has 3 heteroatoms. The predicted molar refractivity (Wildman–Crippen MR) is 118 cm³/mol. The van der Waals surface area contributed by atoms with E-state index in [1.165, 1.54) is 89.9 Å².